The first-order valence-corrected chi connectivity index (χ1v) is 4.09. The number of aliphatic hydroxyl groups excluding tert-OH is 1. The van der Waals surface area contributed by atoms with Gasteiger partial charge in [0.2, 0.25) is 0 Å². The van der Waals surface area contributed by atoms with Gasteiger partial charge >= 0.3 is 0 Å². The summed E-state index contributed by atoms with van der Waals surface area (Å²) in [4.78, 5) is 0. The van der Waals surface area contributed by atoms with E-state index in [1.165, 1.54) is 5.57 Å². The van der Waals surface area contributed by atoms with E-state index >= 15 is 0 Å². The summed E-state index contributed by atoms with van der Waals surface area (Å²) in [7, 11) is 0. The number of unbranched alkanes of at least 4 members (excludes halogenated alkanes) is 1. The molecule has 0 bridgehead atoms. The second-order valence-electron chi connectivity index (χ2n) is 2.60. The van der Waals surface area contributed by atoms with Crippen molar-refractivity contribution in [2.24, 2.45) is 0 Å². The lowest BCUT2D eigenvalue weighted by atomic mass is 10.1. The van der Waals surface area contributed by atoms with E-state index in [1.807, 2.05) is 6.92 Å². The smallest absolute Gasteiger partial charge is 0.0721 e. The standard InChI is InChI=1S/C9H18O/c1-4-6-7-9(5-2)8(3)10/h7-8,10H,4-6H2,1-3H3. The first-order valence-electron chi connectivity index (χ1n) is 4.09. The number of hydrogen-bond donors (Lipinski definition) is 1. The van der Waals surface area contributed by atoms with Crippen LogP contribution in [0.2, 0.25) is 0 Å². The van der Waals surface area contributed by atoms with Crippen LogP contribution in [0.3, 0.4) is 0 Å². The minimum absolute atomic E-state index is 0.253. The van der Waals surface area contributed by atoms with E-state index in [0.717, 1.165) is 19.3 Å². The molecule has 0 heterocycles. The fourth-order valence-electron chi connectivity index (χ4n) is 0.940. The molecule has 1 nitrogen and oxygen atoms in total. The molecule has 1 heteroatoms. The molecule has 1 N–H and O–H groups in total. The van der Waals surface area contributed by atoms with E-state index in [-0.39, 0.29) is 6.10 Å². The van der Waals surface area contributed by atoms with Crippen LogP contribution < -0.4 is 0 Å². The van der Waals surface area contributed by atoms with Gasteiger partial charge in [-0.2, -0.15) is 0 Å². The second-order valence-corrected chi connectivity index (χ2v) is 2.60. The van der Waals surface area contributed by atoms with Gasteiger partial charge in [-0.3, -0.25) is 0 Å². The molecule has 0 aromatic rings. The van der Waals surface area contributed by atoms with E-state index in [1.54, 1.807) is 0 Å². The van der Waals surface area contributed by atoms with Crippen molar-refractivity contribution < 1.29 is 5.11 Å². The van der Waals surface area contributed by atoms with Crippen LogP contribution in [0.25, 0.3) is 0 Å². The summed E-state index contributed by atoms with van der Waals surface area (Å²) in [5, 5.41) is 9.17. The Morgan fingerprint density at radius 2 is 2.10 bits per heavy atom. The molecule has 0 fully saturated rings. The lowest BCUT2D eigenvalue weighted by molar-refractivity contribution is 0.227. The Labute approximate surface area is 63.8 Å². The van der Waals surface area contributed by atoms with Crippen molar-refractivity contribution in [3.63, 3.8) is 0 Å². The minimum Gasteiger partial charge on any atom is -0.389 e. The van der Waals surface area contributed by atoms with E-state index in [2.05, 4.69) is 19.9 Å². The zero-order valence-electron chi connectivity index (χ0n) is 7.22. The second kappa shape index (κ2) is 5.48. The van der Waals surface area contributed by atoms with Crippen molar-refractivity contribution in [1.82, 2.24) is 0 Å². The topological polar surface area (TPSA) is 20.2 Å². The fraction of sp³-hybridized carbons (Fsp3) is 0.778. The predicted octanol–water partition coefficient (Wildman–Crippen LogP) is 2.50. The predicted molar refractivity (Wildman–Crippen MR) is 45.0 cm³/mol. The van der Waals surface area contributed by atoms with Crippen LogP contribution in [0.1, 0.15) is 40.0 Å². The van der Waals surface area contributed by atoms with Gasteiger partial charge in [0.1, 0.15) is 0 Å². The van der Waals surface area contributed by atoms with Gasteiger partial charge in [0, 0.05) is 0 Å². The Hall–Kier alpha value is -0.300. The lowest BCUT2D eigenvalue weighted by Gasteiger charge is -2.06. The zero-order valence-corrected chi connectivity index (χ0v) is 7.22. The molecule has 0 aliphatic carbocycles. The van der Waals surface area contributed by atoms with Crippen molar-refractivity contribution in [2.75, 3.05) is 0 Å². The largest absolute Gasteiger partial charge is 0.389 e. The number of aliphatic hydroxyl groups is 1. The molecule has 0 aliphatic rings. The quantitative estimate of drug-likeness (QED) is 0.598. The van der Waals surface area contributed by atoms with Crippen molar-refractivity contribution in [3.05, 3.63) is 11.6 Å². The van der Waals surface area contributed by atoms with Gasteiger partial charge in [-0.15, -0.1) is 0 Å². The van der Waals surface area contributed by atoms with E-state index in [0.29, 0.717) is 0 Å². The number of hydrogen-bond acceptors (Lipinski definition) is 1. The van der Waals surface area contributed by atoms with Crippen molar-refractivity contribution in [2.45, 2.75) is 46.1 Å². The first kappa shape index (κ1) is 9.70. The summed E-state index contributed by atoms with van der Waals surface area (Å²) in [6, 6.07) is 0. The van der Waals surface area contributed by atoms with Gasteiger partial charge in [0.05, 0.1) is 6.10 Å². The third-order valence-electron chi connectivity index (χ3n) is 1.64. The highest BCUT2D eigenvalue weighted by molar-refractivity contribution is 5.05. The normalized spacial score (nSPS) is 15.4. The van der Waals surface area contributed by atoms with Crippen LogP contribution >= 0.6 is 0 Å². The molecule has 10 heavy (non-hydrogen) atoms. The molecule has 0 aromatic carbocycles. The summed E-state index contributed by atoms with van der Waals surface area (Å²) in [5.41, 5.74) is 1.17. The lowest BCUT2D eigenvalue weighted by Crippen LogP contribution is -2.03. The maximum atomic E-state index is 9.17. The zero-order chi connectivity index (χ0) is 7.98. The molecule has 0 aliphatic heterocycles. The Balaban J connectivity index is 3.79. The van der Waals surface area contributed by atoms with Crippen molar-refractivity contribution >= 4 is 0 Å². The van der Waals surface area contributed by atoms with Gasteiger partial charge in [0.25, 0.3) is 0 Å². The molecule has 60 valence electrons. The molecule has 0 rings (SSSR count). The van der Waals surface area contributed by atoms with Gasteiger partial charge in [-0.1, -0.05) is 26.3 Å². The van der Waals surface area contributed by atoms with E-state index in [9.17, 15) is 5.11 Å². The van der Waals surface area contributed by atoms with Gasteiger partial charge in [0.15, 0.2) is 0 Å². The fourth-order valence-corrected chi connectivity index (χ4v) is 0.940. The Morgan fingerprint density at radius 1 is 1.50 bits per heavy atom. The Morgan fingerprint density at radius 3 is 2.40 bits per heavy atom. The average Bonchev–Trinajstić information content (AvgIpc) is 1.89. The molecular formula is C9H18O. The molecule has 0 spiro atoms. The monoisotopic (exact) mass is 142 g/mol. The van der Waals surface area contributed by atoms with Crippen LogP contribution in [-0.2, 0) is 0 Å². The molecule has 0 saturated carbocycles. The highest BCUT2D eigenvalue weighted by atomic mass is 16.3. The summed E-state index contributed by atoms with van der Waals surface area (Å²) in [6.07, 6.45) is 5.11. The number of rotatable bonds is 4. The molecule has 1 unspecified atom stereocenters. The third-order valence-corrected chi connectivity index (χ3v) is 1.64. The maximum Gasteiger partial charge on any atom is 0.0721 e. The van der Waals surface area contributed by atoms with Gasteiger partial charge in [-0.05, 0) is 25.3 Å². The van der Waals surface area contributed by atoms with Crippen LogP contribution in [0, 0.1) is 0 Å². The molecule has 0 saturated heterocycles. The van der Waals surface area contributed by atoms with Crippen LogP contribution in [0.15, 0.2) is 11.6 Å². The number of allylic oxidation sites excluding steroid dienone is 1. The minimum atomic E-state index is -0.253. The Kier molecular flexibility index (Phi) is 5.32. The highest BCUT2D eigenvalue weighted by Crippen LogP contribution is 2.08. The van der Waals surface area contributed by atoms with Gasteiger partial charge < -0.3 is 5.11 Å². The molecular weight excluding hydrogens is 124 g/mol. The maximum absolute atomic E-state index is 9.17. The Bertz CT molecular complexity index is 103. The van der Waals surface area contributed by atoms with E-state index in [4.69, 9.17) is 0 Å². The van der Waals surface area contributed by atoms with Crippen LogP contribution in [-0.4, -0.2) is 11.2 Å². The summed E-state index contributed by atoms with van der Waals surface area (Å²) >= 11 is 0. The van der Waals surface area contributed by atoms with Crippen molar-refractivity contribution in [1.29, 1.82) is 0 Å². The molecule has 0 aromatic heterocycles. The molecule has 1 atom stereocenters. The summed E-state index contributed by atoms with van der Waals surface area (Å²) in [5.74, 6) is 0. The summed E-state index contributed by atoms with van der Waals surface area (Å²) < 4.78 is 0. The van der Waals surface area contributed by atoms with Crippen molar-refractivity contribution in [3.8, 4) is 0 Å². The van der Waals surface area contributed by atoms with E-state index < -0.39 is 0 Å². The first-order chi connectivity index (χ1) is 4.72. The van der Waals surface area contributed by atoms with Gasteiger partial charge in [-0.25, -0.2) is 0 Å². The molecule has 0 amide bonds. The van der Waals surface area contributed by atoms with Crippen LogP contribution in [0.4, 0.5) is 0 Å². The SMILES string of the molecule is CCCC=C(CC)C(C)O. The third kappa shape index (κ3) is 3.67. The summed E-state index contributed by atoms with van der Waals surface area (Å²) in [6.45, 7) is 6.05. The average molecular weight is 142 g/mol. The highest BCUT2D eigenvalue weighted by Gasteiger charge is 1.99. The van der Waals surface area contributed by atoms with Crippen LogP contribution in [0.5, 0.6) is 0 Å². The molecule has 0 radical (unpaired) electrons.